The van der Waals surface area contributed by atoms with Gasteiger partial charge in [0.2, 0.25) is 0 Å². The van der Waals surface area contributed by atoms with Crippen LogP contribution < -0.4 is 0 Å². The van der Waals surface area contributed by atoms with Gasteiger partial charge in [0.25, 0.3) is 0 Å². The zero-order valence-corrected chi connectivity index (χ0v) is 5.79. The lowest BCUT2D eigenvalue weighted by Crippen LogP contribution is -2.22. The number of aliphatic carboxylic acids is 2. The van der Waals surface area contributed by atoms with Gasteiger partial charge in [-0.15, -0.1) is 0 Å². The summed E-state index contributed by atoms with van der Waals surface area (Å²) in [5.74, 6) is -3.22. The quantitative estimate of drug-likeness (QED) is 0.602. The van der Waals surface area contributed by atoms with E-state index in [1.807, 2.05) is 0 Å². The van der Waals surface area contributed by atoms with Crippen LogP contribution in [0.25, 0.3) is 0 Å². The average molecular weight is 145 g/mol. The van der Waals surface area contributed by atoms with Gasteiger partial charge in [0.15, 0.2) is 0 Å². The molecule has 0 aromatic carbocycles. The molecule has 4 nitrogen and oxygen atoms in total. The molecular formula is C6H9O4. The summed E-state index contributed by atoms with van der Waals surface area (Å²) in [6, 6.07) is 0. The van der Waals surface area contributed by atoms with E-state index >= 15 is 0 Å². The van der Waals surface area contributed by atoms with E-state index in [2.05, 4.69) is 0 Å². The van der Waals surface area contributed by atoms with Crippen LogP contribution in [0.5, 0.6) is 0 Å². The van der Waals surface area contributed by atoms with E-state index in [1.54, 1.807) is 0 Å². The second-order valence-electron chi connectivity index (χ2n) is 2.05. The minimum atomic E-state index is -1.16. The molecule has 2 N–H and O–H groups in total. The van der Waals surface area contributed by atoms with Crippen molar-refractivity contribution in [2.24, 2.45) is 5.92 Å². The molecule has 0 heterocycles. The van der Waals surface area contributed by atoms with E-state index < -0.39 is 17.9 Å². The van der Waals surface area contributed by atoms with Gasteiger partial charge < -0.3 is 10.2 Å². The van der Waals surface area contributed by atoms with Gasteiger partial charge in [-0.1, -0.05) is 6.92 Å². The summed E-state index contributed by atoms with van der Waals surface area (Å²) in [7, 11) is 0. The molecule has 0 aliphatic heterocycles. The fourth-order valence-electron chi connectivity index (χ4n) is 0.370. The fourth-order valence-corrected chi connectivity index (χ4v) is 0.370. The Morgan fingerprint density at radius 1 is 1.30 bits per heavy atom. The topological polar surface area (TPSA) is 74.6 Å². The molecule has 0 saturated carbocycles. The summed E-state index contributed by atoms with van der Waals surface area (Å²) >= 11 is 0. The summed E-state index contributed by atoms with van der Waals surface area (Å²) in [5.41, 5.74) is 0. The van der Waals surface area contributed by atoms with Crippen LogP contribution >= 0.6 is 0 Å². The molecule has 1 unspecified atom stereocenters. The maximum atomic E-state index is 10.2. The van der Waals surface area contributed by atoms with E-state index in [4.69, 9.17) is 10.2 Å². The number of carbonyl (C=O) groups is 2. The van der Waals surface area contributed by atoms with Crippen LogP contribution in [-0.4, -0.2) is 22.2 Å². The molecule has 1 radical (unpaired) electrons. The molecule has 0 bridgehead atoms. The van der Waals surface area contributed by atoms with Crippen molar-refractivity contribution in [2.75, 3.05) is 0 Å². The fraction of sp³-hybridized carbons (Fsp3) is 0.500. The second kappa shape index (κ2) is 3.20. The van der Waals surface area contributed by atoms with Gasteiger partial charge in [0.05, 0.1) is 11.8 Å². The number of hydrogen-bond acceptors (Lipinski definition) is 2. The highest BCUT2D eigenvalue weighted by molar-refractivity contribution is 5.89. The van der Waals surface area contributed by atoms with Crippen molar-refractivity contribution in [3.05, 3.63) is 5.92 Å². The third kappa shape index (κ3) is 2.05. The van der Waals surface area contributed by atoms with Gasteiger partial charge in [-0.25, -0.2) is 0 Å². The number of hydrogen-bond donors (Lipinski definition) is 2. The molecule has 0 rings (SSSR count). The van der Waals surface area contributed by atoms with Crippen molar-refractivity contribution in [1.82, 2.24) is 0 Å². The Labute approximate surface area is 58.5 Å². The monoisotopic (exact) mass is 145 g/mol. The van der Waals surface area contributed by atoms with Crippen LogP contribution in [0.2, 0.25) is 0 Å². The van der Waals surface area contributed by atoms with Crippen LogP contribution in [-0.2, 0) is 9.59 Å². The first-order chi connectivity index (χ1) is 4.46. The molecule has 0 saturated heterocycles. The average Bonchev–Trinajstić information content (AvgIpc) is 1.84. The molecule has 0 aromatic rings. The van der Waals surface area contributed by atoms with Crippen LogP contribution in [0.1, 0.15) is 13.8 Å². The van der Waals surface area contributed by atoms with E-state index in [9.17, 15) is 9.59 Å². The first kappa shape index (κ1) is 8.94. The third-order valence-corrected chi connectivity index (χ3v) is 1.36. The molecule has 0 aliphatic carbocycles. The van der Waals surface area contributed by atoms with Crippen molar-refractivity contribution in [1.29, 1.82) is 0 Å². The molecule has 0 fully saturated rings. The Kier molecular flexibility index (Phi) is 2.86. The predicted octanol–water partition coefficient (Wildman–Crippen LogP) is 0.386. The minimum Gasteiger partial charge on any atom is -0.481 e. The summed E-state index contributed by atoms with van der Waals surface area (Å²) in [4.78, 5) is 20.3. The highest BCUT2D eigenvalue weighted by Gasteiger charge is 2.25. The lowest BCUT2D eigenvalue weighted by molar-refractivity contribution is -0.145. The van der Waals surface area contributed by atoms with E-state index in [0.717, 1.165) is 0 Å². The Hall–Kier alpha value is -1.06. The van der Waals surface area contributed by atoms with Gasteiger partial charge in [-0.3, -0.25) is 9.59 Å². The van der Waals surface area contributed by atoms with Crippen molar-refractivity contribution < 1.29 is 19.8 Å². The van der Waals surface area contributed by atoms with E-state index in [0.29, 0.717) is 0 Å². The van der Waals surface area contributed by atoms with Gasteiger partial charge in [-0.05, 0) is 6.92 Å². The molecule has 0 amide bonds. The SMILES string of the molecule is C[C](C(=O)O)C(C)C(=O)O. The molecule has 57 valence electrons. The van der Waals surface area contributed by atoms with Gasteiger partial charge in [-0.2, -0.15) is 0 Å². The minimum absolute atomic E-state index is 0.0486. The van der Waals surface area contributed by atoms with Crippen LogP contribution in [0.15, 0.2) is 0 Å². The Morgan fingerprint density at radius 2 is 1.70 bits per heavy atom. The first-order valence-corrected chi connectivity index (χ1v) is 2.76. The lowest BCUT2D eigenvalue weighted by atomic mass is 9.97. The second-order valence-corrected chi connectivity index (χ2v) is 2.05. The molecule has 10 heavy (non-hydrogen) atoms. The van der Waals surface area contributed by atoms with Crippen LogP contribution in [0.3, 0.4) is 0 Å². The van der Waals surface area contributed by atoms with E-state index in [-0.39, 0.29) is 5.92 Å². The lowest BCUT2D eigenvalue weighted by Gasteiger charge is -2.08. The van der Waals surface area contributed by atoms with Crippen LogP contribution in [0.4, 0.5) is 0 Å². The van der Waals surface area contributed by atoms with Gasteiger partial charge in [0.1, 0.15) is 0 Å². The third-order valence-electron chi connectivity index (χ3n) is 1.36. The maximum Gasteiger partial charge on any atom is 0.311 e. The van der Waals surface area contributed by atoms with Crippen molar-refractivity contribution >= 4 is 11.9 Å². The first-order valence-electron chi connectivity index (χ1n) is 2.76. The smallest absolute Gasteiger partial charge is 0.311 e. The molecular weight excluding hydrogens is 136 g/mol. The van der Waals surface area contributed by atoms with E-state index in [1.165, 1.54) is 13.8 Å². The number of carboxylic acid groups (broad SMARTS) is 2. The molecule has 1 atom stereocenters. The summed E-state index contributed by atoms with van der Waals surface area (Å²) in [5, 5.41) is 16.6. The normalized spacial score (nSPS) is 13.1. The highest BCUT2D eigenvalue weighted by Crippen LogP contribution is 2.12. The van der Waals surface area contributed by atoms with Crippen molar-refractivity contribution in [2.45, 2.75) is 13.8 Å². The van der Waals surface area contributed by atoms with Crippen molar-refractivity contribution in [3.63, 3.8) is 0 Å². The Morgan fingerprint density at radius 3 is 1.80 bits per heavy atom. The summed E-state index contributed by atoms with van der Waals surface area (Å²) < 4.78 is 0. The molecule has 4 heteroatoms. The Bertz CT molecular complexity index is 134. The maximum absolute atomic E-state index is 10.2. The summed E-state index contributed by atoms with van der Waals surface area (Å²) in [6.45, 7) is 2.63. The molecule has 0 aromatic heterocycles. The Balaban J connectivity index is 4.07. The largest absolute Gasteiger partial charge is 0.481 e. The van der Waals surface area contributed by atoms with Crippen LogP contribution in [0, 0.1) is 11.8 Å². The van der Waals surface area contributed by atoms with Crippen molar-refractivity contribution in [3.8, 4) is 0 Å². The van der Waals surface area contributed by atoms with Gasteiger partial charge >= 0.3 is 11.9 Å². The number of rotatable bonds is 3. The predicted molar refractivity (Wildman–Crippen MR) is 33.4 cm³/mol. The molecule has 0 spiro atoms. The molecule has 0 aliphatic rings. The van der Waals surface area contributed by atoms with Gasteiger partial charge in [0, 0.05) is 0 Å². The zero-order valence-electron chi connectivity index (χ0n) is 5.79. The summed E-state index contributed by atoms with van der Waals surface area (Å²) in [6.07, 6.45) is 0. The zero-order chi connectivity index (χ0) is 8.31. The standard InChI is InChI=1S/C6H9O4/c1-3(5(7)8)4(2)6(9)10/h3H,1-2H3,(H,7,8)(H,9,10). The number of carboxylic acids is 2. The highest BCUT2D eigenvalue weighted by atomic mass is 16.4.